The van der Waals surface area contributed by atoms with E-state index in [4.69, 9.17) is 33.2 Å². The van der Waals surface area contributed by atoms with E-state index >= 15 is 0 Å². The first-order valence-corrected chi connectivity index (χ1v) is 14.6. The Balaban J connectivity index is 1.12. The van der Waals surface area contributed by atoms with Crippen molar-refractivity contribution in [1.29, 1.82) is 0 Å². The van der Waals surface area contributed by atoms with Crippen LogP contribution in [0, 0.1) is 0 Å². The van der Waals surface area contributed by atoms with E-state index in [1.165, 1.54) is 18.2 Å². The molecule has 0 radical (unpaired) electrons. The number of para-hydroxylation sites is 1. The summed E-state index contributed by atoms with van der Waals surface area (Å²) in [6, 6.07) is 17.9. The quantitative estimate of drug-likeness (QED) is 0.0794. The van der Waals surface area contributed by atoms with Crippen LogP contribution in [-0.2, 0) is 34.6 Å². The van der Waals surface area contributed by atoms with E-state index in [1.807, 2.05) is 0 Å². The Morgan fingerprint density at radius 2 is 1.20 bits per heavy atom. The van der Waals surface area contributed by atoms with Gasteiger partial charge in [-0.2, -0.15) is 13.2 Å². The largest absolute Gasteiger partial charge is 0.491 e. The van der Waals surface area contributed by atoms with Crippen LogP contribution in [0.15, 0.2) is 72.8 Å². The number of nitrogens with one attached hydrogen (secondary N) is 1. The maximum Gasteiger partial charge on any atom is 0.416 e. The molecule has 10 nitrogen and oxygen atoms in total. The molecule has 3 aromatic rings. The molecule has 0 aliphatic carbocycles. The average molecular weight is 650 g/mol. The van der Waals surface area contributed by atoms with E-state index in [-0.39, 0.29) is 24.5 Å². The Morgan fingerprint density at radius 1 is 0.652 bits per heavy atom. The van der Waals surface area contributed by atoms with Gasteiger partial charge in [0.1, 0.15) is 25.2 Å². The van der Waals surface area contributed by atoms with Gasteiger partial charge in [-0.25, -0.2) is 4.79 Å². The minimum atomic E-state index is -4.48. The van der Waals surface area contributed by atoms with Crippen LogP contribution >= 0.6 is 0 Å². The molecule has 0 saturated heterocycles. The van der Waals surface area contributed by atoms with E-state index in [0.29, 0.717) is 83.1 Å². The molecule has 3 rings (SSSR count). The average Bonchev–Trinajstić information content (AvgIpc) is 3.06. The second-order valence-electron chi connectivity index (χ2n) is 9.48. The highest BCUT2D eigenvalue weighted by Crippen LogP contribution is 2.32. The number of hydrogen-bond acceptors (Lipinski definition) is 10. The molecular formula is C33H38F3NO9. The molecule has 3 aromatic carbocycles. The number of rotatable bonds is 23. The highest BCUT2D eigenvalue weighted by atomic mass is 19.4. The SMILES string of the molecule is O=Cc1ccc(OCCOCCOCCOCCOCCOCCOC(=O)c2ccccc2Nc2cccc(C(F)(F)F)c2)cc1. The molecule has 0 heterocycles. The molecule has 46 heavy (non-hydrogen) atoms. The van der Waals surface area contributed by atoms with E-state index in [2.05, 4.69) is 5.32 Å². The lowest BCUT2D eigenvalue weighted by Crippen LogP contribution is -2.15. The molecule has 0 aromatic heterocycles. The van der Waals surface area contributed by atoms with Crippen LogP contribution in [0.25, 0.3) is 0 Å². The van der Waals surface area contributed by atoms with E-state index in [9.17, 15) is 22.8 Å². The predicted octanol–water partition coefficient (Wildman–Crippen LogP) is 5.58. The summed E-state index contributed by atoms with van der Waals surface area (Å²) in [4.78, 5) is 23.2. The van der Waals surface area contributed by atoms with Crippen molar-refractivity contribution in [1.82, 2.24) is 0 Å². The van der Waals surface area contributed by atoms with Gasteiger partial charge in [0.2, 0.25) is 0 Å². The van der Waals surface area contributed by atoms with E-state index in [0.717, 1.165) is 18.4 Å². The summed E-state index contributed by atoms with van der Waals surface area (Å²) in [5, 5.41) is 2.85. The lowest BCUT2D eigenvalue weighted by Gasteiger charge is -2.13. The van der Waals surface area contributed by atoms with Gasteiger partial charge in [0.25, 0.3) is 0 Å². The van der Waals surface area contributed by atoms with Gasteiger partial charge in [0, 0.05) is 11.3 Å². The summed E-state index contributed by atoms with van der Waals surface area (Å²) in [5.41, 5.74) is 0.497. The Kier molecular flexibility index (Phi) is 16.6. The third kappa shape index (κ3) is 14.4. The Bertz CT molecular complexity index is 1310. The molecule has 0 aliphatic heterocycles. The molecule has 250 valence electrons. The zero-order chi connectivity index (χ0) is 32.9. The van der Waals surface area contributed by atoms with Crippen molar-refractivity contribution >= 4 is 23.6 Å². The highest BCUT2D eigenvalue weighted by Gasteiger charge is 2.30. The molecular weight excluding hydrogens is 611 g/mol. The van der Waals surface area contributed by atoms with Crippen molar-refractivity contribution in [2.75, 3.05) is 84.6 Å². The second kappa shape index (κ2) is 20.9. The molecule has 0 bridgehead atoms. The standard InChI is InChI=1S/C33H38F3NO9/c34-33(35,36)27-4-3-5-28(24-27)37-31-7-2-1-6-30(31)32(39)46-23-21-44-19-17-42-15-13-40-12-14-41-16-18-43-20-22-45-29-10-8-26(25-38)9-11-29/h1-11,24-25,37H,12-23H2. The van der Waals surface area contributed by atoms with Gasteiger partial charge in [0.05, 0.1) is 82.9 Å². The minimum absolute atomic E-state index is 0.00351. The fourth-order valence-electron chi connectivity index (χ4n) is 3.81. The van der Waals surface area contributed by atoms with Crippen LogP contribution < -0.4 is 10.1 Å². The summed E-state index contributed by atoms with van der Waals surface area (Å²) < 4.78 is 77.0. The fraction of sp³-hybridized carbons (Fsp3) is 0.394. The van der Waals surface area contributed by atoms with Crippen LogP contribution in [0.5, 0.6) is 5.75 Å². The van der Waals surface area contributed by atoms with Crippen LogP contribution in [0.3, 0.4) is 0 Å². The summed E-state index contributed by atoms with van der Waals surface area (Å²) in [7, 11) is 0. The topological polar surface area (TPSA) is 111 Å². The zero-order valence-electron chi connectivity index (χ0n) is 25.3. The van der Waals surface area contributed by atoms with Crippen molar-refractivity contribution in [3.8, 4) is 5.75 Å². The van der Waals surface area contributed by atoms with Crippen LogP contribution in [0.1, 0.15) is 26.3 Å². The van der Waals surface area contributed by atoms with Crippen LogP contribution in [0.4, 0.5) is 24.5 Å². The second-order valence-corrected chi connectivity index (χ2v) is 9.48. The van der Waals surface area contributed by atoms with Gasteiger partial charge < -0.3 is 38.5 Å². The third-order valence-electron chi connectivity index (χ3n) is 6.08. The molecule has 13 heteroatoms. The van der Waals surface area contributed by atoms with Gasteiger partial charge in [-0.1, -0.05) is 18.2 Å². The summed E-state index contributed by atoms with van der Waals surface area (Å²) in [6.45, 7) is 4.10. The lowest BCUT2D eigenvalue weighted by molar-refractivity contribution is -0.137. The summed E-state index contributed by atoms with van der Waals surface area (Å²) >= 11 is 0. The predicted molar refractivity (Wildman–Crippen MR) is 163 cm³/mol. The van der Waals surface area contributed by atoms with Gasteiger partial charge in [-0.3, -0.25) is 4.79 Å². The zero-order valence-corrected chi connectivity index (χ0v) is 25.3. The first-order chi connectivity index (χ1) is 22.4. The van der Waals surface area contributed by atoms with Crippen molar-refractivity contribution in [3.05, 3.63) is 89.5 Å². The summed E-state index contributed by atoms with van der Waals surface area (Å²) in [6.07, 6.45) is -3.70. The normalized spacial score (nSPS) is 11.3. The molecule has 1 N–H and O–H groups in total. The van der Waals surface area contributed by atoms with Crippen molar-refractivity contribution in [3.63, 3.8) is 0 Å². The van der Waals surface area contributed by atoms with E-state index in [1.54, 1.807) is 42.5 Å². The minimum Gasteiger partial charge on any atom is -0.491 e. The highest BCUT2D eigenvalue weighted by molar-refractivity contribution is 5.96. The number of hydrogen-bond donors (Lipinski definition) is 1. The number of carbonyl (C=O) groups is 2. The first-order valence-electron chi connectivity index (χ1n) is 14.6. The number of esters is 1. The third-order valence-corrected chi connectivity index (χ3v) is 6.08. The molecule has 0 aliphatic rings. The molecule has 0 fully saturated rings. The number of benzene rings is 3. The first kappa shape index (κ1) is 36.5. The molecule has 0 unspecified atom stereocenters. The van der Waals surface area contributed by atoms with Gasteiger partial charge in [0.15, 0.2) is 0 Å². The maximum absolute atomic E-state index is 13.0. The number of anilines is 2. The summed E-state index contributed by atoms with van der Waals surface area (Å²) in [5.74, 6) is 0.0442. The van der Waals surface area contributed by atoms with Crippen molar-refractivity contribution < 1.29 is 55.9 Å². The monoisotopic (exact) mass is 649 g/mol. The molecule has 0 amide bonds. The number of aldehydes is 1. The van der Waals surface area contributed by atoms with Crippen LogP contribution in [-0.4, -0.2) is 91.5 Å². The lowest BCUT2D eigenvalue weighted by atomic mass is 10.1. The van der Waals surface area contributed by atoms with Crippen LogP contribution in [0.2, 0.25) is 0 Å². The van der Waals surface area contributed by atoms with Crippen molar-refractivity contribution in [2.24, 2.45) is 0 Å². The number of halogens is 3. The maximum atomic E-state index is 13.0. The van der Waals surface area contributed by atoms with E-state index < -0.39 is 17.7 Å². The molecule has 0 saturated carbocycles. The van der Waals surface area contributed by atoms with Gasteiger partial charge >= 0.3 is 12.1 Å². The fourth-order valence-corrected chi connectivity index (χ4v) is 3.81. The Morgan fingerprint density at radius 3 is 1.76 bits per heavy atom. The van der Waals surface area contributed by atoms with Crippen molar-refractivity contribution in [2.45, 2.75) is 6.18 Å². The van der Waals surface area contributed by atoms with Gasteiger partial charge in [-0.05, 0) is 54.6 Å². The number of alkyl halides is 3. The van der Waals surface area contributed by atoms with Gasteiger partial charge in [-0.15, -0.1) is 0 Å². The molecule has 0 spiro atoms. The Labute approximate surface area is 265 Å². The molecule has 0 atom stereocenters. The smallest absolute Gasteiger partial charge is 0.416 e. The number of ether oxygens (including phenoxy) is 7. The Hall–Kier alpha value is -4.01. The number of carbonyl (C=O) groups excluding carboxylic acids is 2.